The van der Waals surface area contributed by atoms with E-state index in [0.717, 1.165) is 4.90 Å². The summed E-state index contributed by atoms with van der Waals surface area (Å²) < 4.78 is 0. The van der Waals surface area contributed by atoms with E-state index in [4.69, 9.17) is 0 Å². The van der Waals surface area contributed by atoms with Crippen LogP contribution in [0.1, 0.15) is 26.3 Å². The molecule has 0 bridgehead atoms. The molecule has 1 saturated heterocycles. The Morgan fingerprint density at radius 3 is 2.31 bits per heavy atom. The highest BCUT2D eigenvalue weighted by Gasteiger charge is 2.41. The average molecular weight is 360 g/mol. The largest absolute Gasteiger partial charge is 0.372 e. The molecule has 0 saturated carbocycles. The molecule has 9 heteroatoms. The van der Waals surface area contributed by atoms with Gasteiger partial charge in [-0.05, 0) is 38.5 Å². The van der Waals surface area contributed by atoms with Crippen molar-refractivity contribution in [2.75, 3.05) is 19.0 Å². The number of hydrogen-bond acceptors (Lipinski definition) is 6. The van der Waals surface area contributed by atoms with Crippen molar-refractivity contribution in [2.45, 2.75) is 26.3 Å². The topological polar surface area (TPSA) is 113 Å². The van der Waals surface area contributed by atoms with Crippen LogP contribution in [0.4, 0.5) is 16.2 Å². The molecule has 1 aromatic rings. The van der Waals surface area contributed by atoms with Gasteiger partial charge >= 0.3 is 6.03 Å². The minimum Gasteiger partial charge on any atom is -0.372 e. The van der Waals surface area contributed by atoms with Gasteiger partial charge in [0.15, 0.2) is 0 Å². The van der Waals surface area contributed by atoms with Gasteiger partial charge in [-0.25, -0.2) is 4.79 Å². The van der Waals surface area contributed by atoms with Crippen molar-refractivity contribution < 1.29 is 19.3 Å². The van der Waals surface area contributed by atoms with E-state index in [9.17, 15) is 24.5 Å². The highest BCUT2D eigenvalue weighted by molar-refractivity contribution is 6.31. The van der Waals surface area contributed by atoms with E-state index < -0.39 is 28.3 Å². The standard InChI is InChI=1S/C17H20N4O5/c1-17(2,3)20-15(23)11(14(22)18-16(20)24)8-10-6-7-12(19(4)5)13(9-10)21(25)26/h6-9H,1-5H3,(H,18,22,24). The smallest absolute Gasteiger partial charge is 0.331 e. The number of benzene rings is 1. The Morgan fingerprint density at radius 2 is 1.81 bits per heavy atom. The van der Waals surface area contributed by atoms with Gasteiger partial charge in [0.25, 0.3) is 17.5 Å². The molecule has 0 aliphatic carbocycles. The lowest BCUT2D eigenvalue weighted by molar-refractivity contribution is -0.384. The zero-order valence-corrected chi connectivity index (χ0v) is 15.2. The van der Waals surface area contributed by atoms with Gasteiger partial charge < -0.3 is 4.90 Å². The Labute approximate surface area is 150 Å². The first kappa shape index (κ1) is 19.1. The van der Waals surface area contributed by atoms with E-state index in [0.29, 0.717) is 11.3 Å². The van der Waals surface area contributed by atoms with E-state index in [1.54, 1.807) is 45.8 Å². The zero-order valence-electron chi connectivity index (χ0n) is 15.2. The van der Waals surface area contributed by atoms with Crippen molar-refractivity contribution in [3.63, 3.8) is 0 Å². The number of carbonyl (C=O) groups excluding carboxylic acids is 3. The molecule has 138 valence electrons. The third kappa shape index (κ3) is 3.56. The molecule has 2 rings (SSSR count). The fourth-order valence-corrected chi connectivity index (χ4v) is 2.59. The number of barbiturate groups is 1. The molecule has 1 aliphatic rings. The molecule has 4 amide bonds. The average Bonchev–Trinajstić information content (AvgIpc) is 2.49. The number of anilines is 1. The number of nitro groups is 1. The second-order valence-electron chi connectivity index (χ2n) is 7.03. The summed E-state index contributed by atoms with van der Waals surface area (Å²) in [4.78, 5) is 50.0. The summed E-state index contributed by atoms with van der Waals surface area (Å²) in [6.07, 6.45) is 1.25. The lowest BCUT2D eigenvalue weighted by atomic mass is 10.0. The Morgan fingerprint density at radius 1 is 1.19 bits per heavy atom. The molecule has 1 heterocycles. The van der Waals surface area contributed by atoms with Crippen LogP contribution < -0.4 is 10.2 Å². The van der Waals surface area contributed by atoms with Gasteiger partial charge in [-0.2, -0.15) is 0 Å². The van der Waals surface area contributed by atoms with Crippen LogP contribution in [0, 0.1) is 10.1 Å². The summed E-state index contributed by atoms with van der Waals surface area (Å²) >= 11 is 0. The van der Waals surface area contributed by atoms with Crippen LogP contribution in [-0.4, -0.2) is 47.3 Å². The first-order chi connectivity index (χ1) is 11.9. The minimum atomic E-state index is -0.833. The molecule has 0 aromatic heterocycles. The number of amides is 4. The number of carbonyl (C=O) groups is 3. The van der Waals surface area contributed by atoms with Crippen LogP contribution >= 0.6 is 0 Å². The highest BCUT2D eigenvalue weighted by Crippen LogP contribution is 2.29. The summed E-state index contributed by atoms with van der Waals surface area (Å²) in [6.45, 7) is 4.98. The van der Waals surface area contributed by atoms with Gasteiger partial charge in [-0.3, -0.25) is 29.9 Å². The van der Waals surface area contributed by atoms with Gasteiger partial charge in [0.1, 0.15) is 11.3 Å². The number of nitrogens with zero attached hydrogens (tertiary/aromatic N) is 3. The van der Waals surface area contributed by atoms with E-state index in [1.807, 2.05) is 0 Å². The number of rotatable bonds is 3. The molecule has 9 nitrogen and oxygen atoms in total. The number of imide groups is 2. The van der Waals surface area contributed by atoms with Gasteiger partial charge in [0, 0.05) is 25.7 Å². The number of nitro benzene ring substituents is 1. The predicted octanol–water partition coefficient (Wildman–Crippen LogP) is 1.92. The second kappa shape index (κ2) is 6.58. The summed E-state index contributed by atoms with van der Waals surface area (Å²) in [5.74, 6) is -1.58. The van der Waals surface area contributed by atoms with Crippen LogP contribution in [0.5, 0.6) is 0 Å². The van der Waals surface area contributed by atoms with Crippen molar-refractivity contribution in [1.29, 1.82) is 0 Å². The molecule has 26 heavy (non-hydrogen) atoms. The van der Waals surface area contributed by atoms with Gasteiger partial charge in [0.2, 0.25) is 0 Å². The number of nitrogens with one attached hydrogen (secondary N) is 1. The molecule has 0 spiro atoms. The Kier molecular flexibility index (Phi) is 4.84. The first-order valence-electron chi connectivity index (χ1n) is 7.81. The lowest BCUT2D eigenvalue weighted by Crippen LogP contribution is -2.60. The Balaban J connectivity index is 2.52. The molecule has 1 fully saturated rings. The minimum absolute atomic E-state index is 0.156. The van der Waals surface area contributed by atoms with Crippen molar-refractivity contribution in [2.24, 2.45) is 0 Å². The molecule has 1 aromatic carbocycles. The predicted molar refractivity (Wildman–Crippen MR) is 95.5 cm³/mol. The SMILES string of the molecule is CN(C)c1ccc(C=C2C(=O)NC(=O)N(C(C)(C)C)C2=O)cc1[N+](=O)[O-]. The van der Waals surface area contributed by atoms with Crippen LogP contribution in [-0.2, 0) is 9.59 Å². The van der Waals surface area contributed by atoms with Crippen molar-refractivity contribution in [3.05, 3.63) is 39.4 Å². The third-order valence-corrected chi connectivity index (χ3v) is 3.76. The van der Waals surface area contributed by atoms with E-state index >= 15 is 0 Å². The summed E-state index contributed by atoms with van der Waals surface area (Å²) in [6, 6.07) is 3.58. The molecule has 1 aliphatic heterocycles. The van der Waals surface area contributed by atoms with E-state index in [2.05, 4.69) is 5.32 Å². The Bertz CT molecular complexity index is 836. The molecule has 0 radical (unpaired) electrons. The summed E-state index contributed by atoms with van der Waals surface area (Å²) in [5.41, 5.74) is -0.544. The summed E-state index contributed by atoms with van der Waals surface area (Å²) in [5, 5.41) is 13.4. The molecular formula is C17H20N4O5. The van der Waals surface area contributed by atoms with Gasteiger partial charge in [-0.15, -0.1) is 0 Å². The lowest BCUT2D eigenvalue weighted by Gasteiger charge is -2.36. The maximum atomic E-state index is 12.6. The first-order valence-corrected chi connectivity index (χ1v) is 7.81. The number of hydrogen-bond donors (Lipinski definition) is 1. The molecular weight excluding hydrogens is 340 g/mol. The molecule has 1 N–H and O–H groups in total. The van der Waals surface area contributed by atoms with Crippen molar-refractivity contribution in [3.8, 4) is 0 Å². The maximum Gasteiger partial charge on any atom is 0.331 e. The quantitative estimate of drug-likeness (QED) is 0.381. The maximum absolute atomic E-state index is 12.6. The third-order valence-electron chi connectivity index (χ3n) is 3.76. The van der Waals surface area contributed by atoms with Crippen LogP contribution in [0.15, 0.2) is 23.8 Å². The molecule has 0 atom stereocenters. The van der Waals surface area contributed by atoms with E-state index in [-0.39, 0.29) is 11.3 Å². The fraction of sp³-hybridized carbons (Fsp3) is 0.353. The zero-order chi connectivity index (χ0) is 19.8. The highest BCUT2D eigenvalue weighted by atomic mass is 16.6. The van der Waals surface area contributed by atoms with Crippen LogP contribution in [0.3, 0.4) is 0 Å². The van der Waals surface area contributed by atoms with Crippen LogP contribution in [0.25, 0.3) is 6.08 Å². The molecule has 0 unspecified atom stereocenters. The van der Waals surface area contributed by atoms with Gasteiger partial charge in [0.05, 0.1) is 4.92 Å². The monoisotopic (exact) mass is 360 g/mol. The summed E-state index contributed by atoms with van der Waals surface area (Å²) in [7, 11) is 3.34. The van der Waals surface area contributed by atoms with Crippen molar-refractivity contribution >= 4 is 35.3 Å². The second-order valence-corrected chi connectivity index (χ2v) is 7.03. The van der Waals surface area contributed by atoms with Gasteiger partial charge in [-0.1, -0.05) is 6.07 Å². The fourth-order valence-electron chi connectivity index (χ4n) is 2.59. The van der Waals surface area contributed by atoms with E-state index in [1.165, 1.54) is 18.2 Å². The Hall–Kier alpha value is -3.23. The van der Waals surface area contributed by atoms with Crippen LogP contribution in [0.2, 0.25) is 0 Å². The van der Waals surface area contributed by atoms with Crippen molar-refractivity contribution in [1.82, 2.24) is 10.2 Å². The normalized spacial score (nSPS) is 16.7. The number of urea groups is 1.